The van der Waals surface area contributed by atoms with Crippen LogP contribution >= 0.6 is 0 Å². The van der Waals surface area contributed by atoms with Gasteiger partial charge in [-0.1, -0.05) is 20.8 Å². The summed E-state index contributed by atoms with van der Waals surface area (Å²) in [6.07, 6.45) is 4.18. The molecule has 0 spiro atoms. The van der Waals surface area contributed by atoms with Crippen LogP contribution in [0.1, 0.15) is 56.6 Å². The summed E-state index contributed by atoms with van der Waals surface area (Å²) in [5.41, 5.74) is 4.45. The normalized spacial score (nSPS) is 19.4. The third kappa shape index (κ3) is 3.07. The average Bonchev–Trinajstić information content (AvgIpc) is 2.94. The lowest BCUT2D eigenvalue weighted by molar-refractivity contribution is 0.0786. The van der Waals surface area contributed by atoms with Crippen LogP contribution in [-0.2, 0) is 10.2 Å². The summed E-state index contributed by atoms with van der Waals surface area (Å²) in [5.74, 6) is 0.415. The van der Waals surface area contributed by atoms with Crippen molar-refractivity contribution in [2.24, 2.45) is 0 Å². The van der Waals surface area contributed by atoms with Gasteiger partial charge in [-0.2, -0.15) is 5.10 Å². The summed E-state index contributed by atoms with van der Waals surface area (Å²) in [5, 5.41) is 4.88. The summed E-state index contributed by atoms with van der Waals surface area (Å²) in [6.45, 7) is 10.3. The van der Waals surface area contributed by atoms with Gasteiger partial charge in [0.05, 0.1) is 24.2 Å². The van der Waals surface area contributed by atoms with E-state index in [0.29, 0.717) is 5.92 Å². The summed E-state index contributed by atoms with van der Waals surface area (Å²) in [4.78, 5) is 4.42. The quantitative estimate of drug-likeness (QED) is 0.847. The number of aryl methyl sites for hydroxylation is 1. The van der Waals surface area contributed by atoms with Crippen LogP contribution in [-0.4, -0.2) is 28.0 Å². The lowest BCUT2D eigenvalue weighted by atomic mass is 9.90. The minimum Gasteiger partial charge on any atom is -0.381 e. The Balaban J connectivity index is 2.05. The molecule has 1 unspecified atom stereocenters. The Morgan fingerprint density at radius 1 is 1.27 bits per heavy atom. The van der Waals surface area contributed by atoms with Crippen LogP contribution in [0.4, 0.5) is 0 Å². The predicted octanol–water partition coefficient (Wildman–Crippen LogP) is 3.77. The molecule has 2 aromatic heterocycles. The van der Waals surface area contributed by atoms with Crippen LogP contribution < -0.4 is 0 Å². The molecule has 22 heavy (non-hydrogen) atoms. The van der Waals surface area contributed by atoms with Gasteiger partial charge in [0.2, 0.25) is 0 Å². The molecule has 0 bridgehead atoms. The molecular weight excluding hydrogens is 274 g/mol. The number of rotatable bonds is 2. The molecule has 1 aliphatic rings. The highest BCUT2D eigenvalue weighted by atomic mass is 16.5. The summed E-state index contributed by atoms with van der Waals surface area (Å²) < 4.78 is 7.75. The monoisotopic (exact) mass is 299 g/mol. The topological polar surface area (TPSA) is 39.9 Å². The van der Waals surface area contributed by atoms with Gasteiger partial charge in [-0.05, 0) is 38.0 Å². The van der Waals surface area contributed by atoms with Crippen LogP contribution in [0.5, 0.6) is 0 Å². The standard InChI is InChI=1S/C18H25N3O/c1-13-7-8-15(11-19-13)21-16(14-6-5-9-22-12-14)10-17(20-21)18(2,3)4/h7-8,10-11,14H,5-6,9,12H2,1-4H3. The van der Waals surface area contributed by atoms with Gasteiger partial charge in [0.25, 0.3) is 0 Å². The van der Waals surface area contributed by atoms with Crippen molar-refractivity contribution in [2.45, 2.75) is 51.9 Å². The van der Waals surface area contributed by atoms with E-state index in [-0.39, 0.29) is 5.41 Å². The molecule has 0 N–H and O–H groups in total. The molecule has 4 heteroatoms. The van der Waals surface area contributed by atoms with Gasteiger partial charge in [-0.3, -0.25) is 4.98 Å². The number of pyridine rings is 1. The van der Waals surface area contributed by atoms with Gasteiger partial charge < -0.3 is 4.74 Å². The number of hydrogen-bond donors (Lipinski definition) is 0. The first-order chi connectivity index (χ1) is 10.4. The highest BCUT2D eigenvalue weighted by Crippen LogP contribution is 2.31. The average molecular weight is 299 g/mol. The van der Waals surface area contributed by atoms with E-state index in [1.54, 1.807) is 0 Å². The minimum atomic E-state index is 0.0354. The van der Waals surface area contributed by atoms with Crippen molar-refractivity contribution in [1.29, 1.82) is 0 Å². The third-order valence-corrected chi connectivity index (χ3v) is 4.22. The Labute approximate surface area is 132 Å². The van der Waals surface area contributed by atoms with Crippen molar-refractivity contribution < 1.29 is 4.74 Å². The van der Waals surface area contributed by atoms with E-state index in [1.165, 1.54) is 5.69 Å². The molecule has 1 fully saturated rings. The molecule has 1 atom stereocenters. The molecule has 2 aromatic rings. The molecule has 3 rings (SSSR count). The van der Waals surface area contributed by atoms with E-state index < -0.39 is 0 Å². The Morgan fingerprint density at radius 2 is 2.09 bits per heavy atom. The van der Waals surface area contributed by atoms with Crippen LogP contribution in [0.15, 0.2) is 24.4 Å². The lowest BCUT2D eigenvalue weighted by Crippen LogP contribution is -2.18. The van der Waals surface area contributed by atoms with Gasteiger partial charge in [-0.25, -0.2) is 4.68 Å². The fourth-order valence-electron chi connectivity index (χ4n) is 2.82. The number of aromatic nitrogens is 3. The van der Waals surface area contributed by atoms with E-state index in [0.717, 1.165) is 43.1 Å². The lowest BCUT2D eigenvalue weighted by Gasteiger charge is -2.22. The van der Waals surface area contributed by atoms with Crippen LogP contribution in [0.3, 0.4) is 0 Å². The zero-order chi connectivity index (χ0) is 15.7. The van der Waals surface area contributed by atoms with E-state index >= 15 is 0 Å². The fraction of sp³-hybridized carbons (Fsp3) is 0.556. The third-order valence-electron chi connectivity index (χ3n) is 4.22. The highest BCUT2D eigenvalue weighted by molar-refractivity contribution is 5.34. The summed E-state index contributed by atoms with van der Waals surface area (Å²) in [6, 6.07) is 6.38. The van der Waals surface area contributed by atoms with Crippen LogP contribution in [0, 0.1) is 6.92 Å². The van der Waals surface area contributed by atoms with Gasteiger partial charge in [-0.15, -0.1) is 0 Å². The minimum absolute atomic E-state index is 0.0354. The second-order valence-corrected chi connectivity index (χ2v) is 7.19. The first-order valence-corrected chi connectivity index (χ1v) is 8.06. The number of nitrogens with zero attached hydrogens (tertiary/aromatic N) is 3. The molecule has 0 aromatic carbocycles. The van der Waals surface area contributed by atoms with Crippen LogP contribution in [0.2, 0.25) is 0 Å². The summed E-state index contributed by atoms with van der Waals surface area (Å²) >= 11 is 0. The first kappa shape index (κ1) is 15.2. The van der Waals surface area contributed by atoms with Gasteiger partial charge >= 0.3 is 0 Å². The van der Waals surface area contributed by atoms with Crippen molar-refractivity contribution >= 4 is 0 Å². The molecule has 0 amide bonds. The smallest absolute Gasteiger partial charge is 0.0832 e. The molecule has 118 valence electrons. The highest BCUT2D eigenvalue weighted by Gasteiger charge is 2.26. The number of ether oxygens (including phenoxy) is 1. The molecule has 4 nitrogen and oxygen atoms in total. The Bertz CT molecular complexity index is 631. The maximum absolute atomic E-state index is 5.68. The first-order valence-electron chi connectivity index (χ1n) is 8.06. The zero-order valence-electron chi connectivity index (χ0n) is 14.0. The fourth-order valence-corrected chi connectivity index (χ4v) is 2.82. The zero-order valence-corrected chi connectivity index (χ0v) is 14.0. The van der Waals surface area contributed by atoms with Crippen molar-refractivity contribution in [3.05, 3.63) is 41.5 Å². The van der Waals surface area contributed by atoms with Crippen molar-refractivity contribution in [3.63, 3.8) is 0 Å². The van der Waals surface area contributed by atoms with Gasteiger partial charge in [0, 0.05) is 29.3 Å². The van der Waals surface area contributed by atoms with Crippen molar-refractivity contribution in [1.82, 2.24) is 14.8 Å². The van der Waals surface area contributed by atoms with Crippen molar-refractivity contribution in [2.75, 3.05) is 13.2 Å². The van der Waals surface area contributed by atoms with E-state index in [4.69, 9.17) is 9.84 Å². The summed E-state index contributed by atoms with van der Waals surface area (Å²) in [7, 11) is 0. The second kappa shape index (κ2) is 5.84. The van der Waals surface area contributed by atoms with E-state index in [2.05, 4.69) is 42.6 Å². The maximum Gasteiger partial charge on any atom is 0.0832 e. The molecule has 1 aliphatic heterocycles. The Kier molecular flexibility index (Phi) is 4.04. The van der Waals surface area contributed by atoms with E-state index in [1.807, 2.05) is 19.2 Å². The molecule has 1 saturated heterocycles. The molecule has 0 saturated carbocycles. The molecular formula is C18H25N3O. The molecule has 0 radical (unpaired) electrons. The Hall–Kier alpha value is -1.68. The second-order valence-electron chi connectivity index (χ2n) is 7.19. The largest absolute Gasteiger partial charge is 0.381 e. The molecule has 0 aliphatic carbocycles. The Morgan fingerprint density at radius 3 is 2.68 bits per heavy atom. The van der Waals surface area contributed by atoms with Crippen molar-refractivity contribution in [3.8, 4) is 5.69 Å². The number of hydrogen-bond acceptors (Lipinski definition) is 3. The molecule has 3 heterocycles. The van der Waals surface area contributed by atoms with Crippen LogP contribution in [0.25, 0.3) is 5.69 Å². The predicted molar refractivity (Wildman–Crippen MR) is 87.6 cm³/mol. The maximum atomic E-state index is 5.68. The SMILES string of the molecule is Cc1ccc(-n2nc(C(C)(C)C)cc2C2CCCOC2)cn1. The van der Waals surface area contributed by atoms with E-state index in [9.17, 15) is 0 Å². The van der Waals surface area contributed by atoms with Gasteiger partial charge in [0.1, 0.15) is 0 Å². The van der Waals surface area contributed by atoms with Gasteiger partial charge in [0.15, 0.2) is 0 Å².